The molecule has 0 spiro atoms. The van der Waals surface area contributed by atoms with Crippen molar-refractivity contribution in [1.29, 1.82) is 0 Å². The van der Waals surface area contributed by atoms with Gasteiger partial charge in [0.15, 0.2) is 0 Å². The van der Waals surface area contributed by atoms with E-state index >= 15 is 0 Å². The highest BCUT2D eigenvalue weighted by Gasteiger charge is 2.24. The van der Waals surface area contributed by atoms with Gasteiger partial charge in [0.05, 0.1) is 17.4 Å². The molecule has 19 heavy (non-hydrogen) atoms. The smallest absolute Gasteiger partial charge is 0.142 e. The molecule has 3 nitrogen and oxygen atoms in total. The molecule has 2 heterocycles. The minimum Gasteiger partial charge on any atom is -0.309 e. The third kappa shape index (κ3) is 2.55. The zero-order valence-corrected chi connectivity index (χ0v) is 12.3. The summed E-state index contributed by atoms with van der Waals surface area (Å²) in [5.74, 6) is 0. The fourth-order valence-corrected chi connectivity index (χ4v) is 3.77. The molecule has 0 fully saturated rings. The maximum absolute atomic E-state index is 4.86. The van der Waals surface area contributed by atoms with Crippen LogP contribution < -0.4 is 5.32 Å². The van der Waals surface area contributed by atoms with Gasteiger partial charge in [0.25, 0.3) is 0 Å². The van der Waals surface area contributed by atoms with Crippen LogP contribution >= 0.6 is 11.3 Å². The summed E-state index contributed by atoms with van der Waals surface area (Å²) in [6, 6.07) is 6.57. The normalized spacial score (nSPS) is 18.3. The summed E-state index contributed by atoms with van der Waals surface area (Å²) in [7, 11) is 0. The van der Waals surface area contributed by atoms with Gasteiger partial charge in [0.1, 0.15) is 5.01 Å². The second-order valence-electron chi connectivity index (χ2n) is 4.99. The molecule has 0 aromatic carbocycles. The SMILES string of the molecule is CCNC1CCCc2sc(-c3cccc(C)n3)nc21. The second kappa shape index (κ2) is 5.39. The lowest BCUT2D eigenvalue weighted by Gasteiger charge is -2.21. The van der Waals surface area contributed by atoms with Crippen LogP contribution in [-0.2, 0) is 6.42 Å². The first-order chi connectivity index (χ1) is 9.28. The molecular weight excluding hydrogens is 254 g/mol. The first-order valence-electron chi connectivity index (χ1n) is 6.95. The van der Waals surface area contributed by atoms with Crippen LogP contribution in [0.5, 0.6) is 0 Å². The average molecular weight is 273 g/mol. The van der Waals surface area contributed by atoms with E-state index in [1.807, 2.05) is 24.3 Å². The molecule has 0 bridgehead atoms. The van der Waals surface area contributed by atoms with Gasteiger partial charge >= 0.3 is 0 Å². The van der Waals surface area contributed by atoms with Crippen molar-refractivity contribution in [2.24, 2.45) is 0 Å². The quantitative estimate of drug-likeness (QED) is 0.930. The van der Waals surface area contributed by atoms with Crippen molar-refractivity contribution in [3.05, 3.63) is 34.5 Å². The molecule has 0 amide bonds. The van der Waals surface area contributed by atoms with Crippen LogP contribution in [0.15, 0.2) is 18.2 Å². The zero-order chi connectivity index (χ0) is 13.2. The first-order valence-corrected chi connectivity index (χ1v) is 7.76. The molecule has 1 aliphatic rings. The summed E-state index contributed by atoms with van der Waals surface area (Å²) >= 11 is 1.81. The number of nitrogens with zero attached hydrogens (tertiary/aromatic N) is 2. The van der Waals surface area contributed by atoms with Crippen molar-refractivity contribution in [1.82, 2.24) is 15.3 Å². The molecule has 0 radical (unpaired) electrons. The number of pyridine rings is 1. The number of fused-ring (bicyclic) bond motifs is 1. The van der Waals surface area contributed by atoms with Crippen molar-refractivity contribution in [3.8, 4) is 10.7 Å². The van der Waals surface area contributed by atoms with Crippen molar-refractivity contribution in [3.63, 3.8) is 0 Å². The Hall–Kier alpha value is -1.26. The Kier molecular flexibility index (Phi) is 3.62. The molecule has 1 N–H and O–H groups in total. The number of aryl methyl sites for hydroxylation is 2. The van der Waals surface area contributed by atoms with Crippen LogP contribution in [0.2, 0.25) is 0 Å². The predicted molar refractivity (Wildman–Crippen MR) is 79.4 cm³/mol. The van der Waals surface area contributed by atoms with Crippen molar-refractivity contribution < 1.29 is 0 Å². The summed E-state index contributed by atoms with van der Waals surface area (Å²) in [5.41, 5.74) is 3.32. The van der Waals surface area contributed by atoms with Gasteiger partial charge in [0, 0.05) is 10.6 Å². The lowest BCUT2D eigenvalue weighted by Crippen LogP contribution is -2.24. The molecule has 2 aromatic heterocycles. The van der Waals surface area contributed by atoms with Crippen LogP contribution in [0.25, 0.3) is 10.7 Å². The molecule has 0 saturated heterocycles. The summed E-state index contributed by atoms with van der Waals surface area (Å²) < 4.78 is 0. The third-order valence-electron chi connectivity index (χ3n) is 3.51. The van der Waals surface area contributed by atoms with Gasteiger partial charge in [-0.25, -0.2) is 4.98 Å². The molecule has 100 valence electrons. The molecule has 1 aliphatic carbocycles. The molecule has 4 heteroatoms. The Morgan fingerprint density at radius 3 is 3.05 bits per heavy atom. The molecule has 2 aromatic rings. The Balaban J connectivity index is 1.97. The van der Waals surface area contributed by atoms with E-state index in [2.05, 4.69) is 29.4 Å². The molecule has 3 rings (SSSR count). The number of thiazole rings is 1. The highest BCUT2D eigenvalue weighted by Crippen LogP contribution is 2.36. The fraction of sp³-hybridized carbons (Fsp3) is 0.467. The van der Waals surface area contributed by atoms with Gasteiger partial charge in [-0.3, -0.25) is 4.98 Å². The van der Waals surface area contributed by atoms with Crippen molar-refractivity contribution in [2.45, 2.75) is 39.2 Å². The number of rotatable bonds is 3. The topological polar surface area (TPSA) is 37.8 Å². The second-order valence-corrected chi connectivity index (χ2v) is 6.08. The van der Waals surface area contributed by atoms with Crippen LogP contribution in [0.3, 0.4) is 0 Å². The average Bonchev–Trinajstić information content (AvgIpc) is 2.84. The van der Waals surface area contributed by atoms with Crippen molar-refractivity contribution in [2.75, 3.05) is 6.54 Å². The van der Waals surface area contributed by atoms with Gasteiger partial charge in [-0.2, -0.15) is 0 Å². The third-order valence-corrected chi connectivity index (χ3v) is 4.67. The van der Waals surface area contributed by atoms with E-state index < -0.39 is 0 Å². The summed E-state index contributed by atoms with van der Waals surface area (Å²) in [4.78, 5) is 10.9. The number of aromatic nitrogens is 2. The standard InChI is InChI=1S/C15H19N3S/c1-3-16-11-7-5-9-13-14(11)18-15(19-13)12-8-4-6-10(2)17-12/h4,6,8,11,16H,3,5,7,9H2,1-2H3. The first kappa shape index (κ1) is 12.8. The van der Waals surface area contributed by atoms with Gasteiger partial charge in [-0.1, -0.05) is 13.0 Å². The molecule has 1 atom stereocenters. The Bertz CT molecular complexity index is 577. The monoisotopic (exact) mass is 273 g/mol. The van der Waals surface area contributed by atoms with Crippen LogP contribution in [0, 0.1) is 6.92 Å². The van der Waals surface area contributed by atoms with E-state index in [9.17, 15) is 0 Å². The molecule has 1 unspecified atom stereocenters. The zero-order valence-electron chi connectivity index (χ0n) is 11.4. The van der Waals surface area contributed by atoms with E-state index in [0.717, 1.165) is 22.9 Å². The molecular formula is C15H19N3S. The van der Waals surface area contributed by atoms with Gasteiger partial charge in [-0.15, -0.1) is 11.3 Å². The summed E-state index contributed by atoms with van der Waals surface area (Å²) in [6.07, 6.45) is 3.62. The summed E-state index contributed by atoms with van der Waals surface area (Å²) in [6.45, 7) is 5.18. The van der Waals surface area contributed by atoms with E-state index in [0.29, 0.717) is 6.04 Å². The maximum Gasteiger partial charge on any atom is 0.142 e. The largest absolute Gasteiger partial charge is 0.309 e. The van der Waals surface area contributed by atoms with Gasteiger partial charge in [0.2, 0.25) is 0 Å². The number of hydrogen-bond acceptors (Lipinski definition) is 4. The predicted octanol–water partition coefficient (Wildman–Crippen LogP) is 3.50. The Morgan fingerprint density at radius 2 is 2.26 bits per heavy atom. The van der Waals surface area contributed by atoms with E-state index in [-0.39, 0.29) is 0 Å². The Labute approximate surface area is 118 Å². The number of hydrogen-bond donors (Lipinski definition) is 1. The van der Waals surface area contributed by atoms with E-state index in [1.54, 1.807) is 0 Å². The molecule has 0 saturated carbocycles. The van der Waals surface area contributed by atoms with Gasteiger partial charge in [-0.05, 0) is 44.9 Å². The minimum atomic E-state index is 0.434. The van der Waals surface area contributed by atoms with Crippen LogP contribution in [0.4, 0.5) is 0 Å². The van der Waals surface area contributed by atoms with Crippen LogP contribution in [0.1, 0.15) is 42.1 Å². The Morgan fingerprint density at radius 1 is 1.37 bits per heavy atom. The fourth-order valence-electron chi connectivity index (χ4n) is 2.64. The minimum absolute atomic E-state index is 0.434. The summed E-state index contributed by atoms with van der Waals surface area (Å²) in [5, 5.41) is 4.61. The lowest BCUT2D eigenvalue weighted by atomic mass is 9.98. The highest BCUT2D eigenvalue weighted by atomic mass is 32.1. The highest BCUT2D eigenvalue weighted by molar-refractivity contribution is 7.15. The lowest BCUT2D eigenvalue weighted by molar-refractivity contribution is 0.465. The number of nitrogens with one attached hydrogen (secondary N) is 1. The van der Waals surface area contributed by atoms with Crippen LogP contribution in [-0.4, -0.2) is 16.5 Å². The maximum atomic E-state index is 4.86. The van der Waals surface area contributed by atoms with Gasteiger partial charge < -0.3 is 5.32 Å². The van der Waals surface area contributed by atoms with E-state index in [1.165, 1.54) is 29.8 Å². The van der Waals surface area contributed by atoms with E-state index in [4.69, 9.17) is 4.98 Å². The molecule has 0 aliphatic heterocycles. The van der Waals surface area contributed by atoms with Crippen molar-refractivity contribution >= 4 is 11.3 Å².